The molecule has 2 fully saturated rings. The van der Waals surface area contributed by atoms with E-state index in [1.54, 1.807) is 0 Å². The summed E-state index contributed by atoms with van der Waals surface area (Å²) in [6.07, 6.45) is 6.91. The monoisotopic (exact) mass is 292 g/mol. The van der Waals surface area contributed by atoms with E-state index in [-0.39, 0.29) is 11.6 Å². The van der Waals surface area contributed by atoms with Gasteiger partial charge in [0, 0.05) is 13.2 Å². The van der Waals surface area contributed by atoms with Gasteiger partial charge in [-0.1, -0.05) is 6.92 Å². The molecule has 1 aromatic rings. The molecule has 3 N–H and O–H groups in total. The highest BCUT2D eigenvalue weighted by atomic mass is 16.5. The van der Waals surface area contributed by atoms with E-state index in [1.165, 1.54) is 25.0 Å². The summed E-state index contributed by atoms with van der Waals surface area (Å²) >= 11 is 0. The van der Waals surface area contributed by atoms with Gasteiger partial charge < -0.3 is 4.74 Å². The Bertz CT molecular complexity index is 481. The fourth-order valence-corrected chi connectivity index (χ4v) is 3.90. The van der Waals surface area contributed by atoms with Crippen molar-refractivity contribution in [3.63, 3.8) is 0 Å². The van der Waals surface area contributed by atoms with Gasteiger partial charge in [-0.05, 0) is 57.4 Å². The minimum absolute atomic E-state index is 0.155. The van der Waals surface area contributed by atoms with Crippen LogP contribution in [0.3, 0.4) is 0 Å². The average molecular weight is 292 g/mol. The van der Waals surface area contributed by atoms with Gasteiger partial charge in [-0.3, -0.25) is 16.0 Å². The van der Waals surface area contributed by atoms with E-state index in [4.69, 9.17) is 10.6 Å². The number of hydrogen-bond donors (Lipinski definition) is 2. The lowest BCUT2D eigenvalue weighted by Gasteiger charge is -2.48. The molecule has 3 rings (SSSR count). The lowest BCUT2D eigenvalue weighted by Crippen LogP contribution is -2.49. The molecule has 0 amide bonds. The second kappa shape index (κ2) is 6.07. The first-order valence-corrected chi connectivity index (χ1v) is 8.38. The Labute approximate surface area is 127 Å². The van der Waals surface area contributed by atoms with E-state index in [0.29, 0.717) is 5.92 Å². The van der Waals surface area contributed by atoms with Crippen LogP contribution in [-0.4, -0.2) is 22.0 Å². The average Bonchev–Trinajstić information content (AvgIpc) is 2.90. The Balaban J connectivity index is 1.82. The third-order valence-corrected chi connectivity index (χ3v) is 5.29. The molecule has 21 heavy (non-hydrogen) atoms. The standard InChI is InChI=1S/C16H28N4O/c1-3-13-10-14(20(4-2)19-13)15(18-17)12-6-9-21-16(11-12)7-5-8-16/h10,12,15,18H,3-9,11,17H2,1-2H3. The summed E-state index contributed by atoms with van der Waals surface area (Å²) < 4.78 is 8.16. The lowest BCUT2D eigenvalue weighted by molar-refractivity contribution is -0.147. The Morgan fingerprint density at radius 2 is 2.33 bits per heavy atom. The molecule has 0 bridgehead atoms. The quantitative estimate of drug-likeness (QED) is 0.646. The Morgan fingerprint density at radius 3 is 2.90 bits per heavy atom. The van der Waals surface area contributed by atoms with E-state index >= 15 is 0 Å². The first kappa shape index (κ1) is 15.0. The molecule has 118 valence electrons. The minimum Gasteiger partial charge on any atom is -0.375 e. The zero-order valence-electron chi connectivity index (χ0n) is 13.3. The number of aromatic nitrogens is 2. The zero-order valence-corrected chi connectivity index (χ0v) is 13.3. The second-order valence-electron chi connectivity index (χ2n) is 6.51. The largest absolute Gasteiger partial charge is 0.375 e. The first-order chi connectivity index (χ1) is 10.2. The van der Waals surface area contributed by atoms with Crippen molar-refractivity contribution >= 4 is 0 Å². The van der Waals surface area contributed by atoms with Crippen LogP contribution in [0.25, 0.3) is 0 Å². The van der Waals surface area contributed by atoms with Crippen LogP contribution in [0.2, 0.25) is 0 Å². The van der Waals surface area contributed by atoms with Gasteiger partial charge in [-0.25, -0.2) is 0 Å². The molecular weight excluding hydrogens is 264 g/mol. The fraction of sp³-hybridized carbons (Fsp3) is 0.812. The van der Waals surface area contributed by atoms with Gasteiger partial charge in [0.2, 0.25) is 0 Å². The van der Waals surface area contributed by atoms with Crippen LogP contribution in [0.1, 0.15) is 63.4 Å². The van der Waals surface area contributed by atoms with Crippen molar-refractivity contribution in [2.45, 2.75) is 70.6 Å². The van der Waals surface area contributed by atoms with Crippen LogP contribution in [0.5, 0.6) is 0 Å². The van der Waals surface area contributed by atoms with Crippen molar-refractivity contribution in [2.24, 2.45) is 11.8 Å². The van der Waals surface area contributed by atoms with E-state index in [1.807, 2.05) is 0 Å². The van der Waals surface area contributed by atoms with Gasteiger partial charge in [0.05, 0.1) is 23.0 Å². The summed E-state index contributed by atoms with van der Waals surface area (Å²) in [7, 11) is 0. The van der Waals surface area contributed by atoms with Crippen LogP contribution in [0.15, 0.2) is 6.07 Å². The van der Waals surface area contributed by atoms with Crippen molar-refractivity contribution < 1.29 is 4.74 Å². The third-order valence-electron chi connectivity index (χ3n) is 5.29. The number of nitrogens with one attached hydrogen (secondary N) is 1. The van der Waals surface area contributed by atoms with E-state index in [9.17, 15) is 0 Å². The predicted molar refractivity (Wildman–Crippen MR) is 82.6 cm³/mol. The lowest BCUT2D eigenvalue weighted by atomic mass is 9.70. The van der Waals surface area contributed by atoms with Crippen molar-refractivity contribution in [2.75, 3.05) is 6.61 Å². The minimum atomic E-state index is 0.155. The molecule has 0 radical (unpaired) electrons. The Hall–Kier alpha value is -0.910. The molecule has 5 heteroatoms. The summed E-state index contributed by atoms with van der Waals surface area (Å²) in [5.74, 6) is 6.46. The van der Waals surface area contributed by atoms with E-state index in [0.717, 1.165) is 38.1 Å². The van der Waals surface area contributed by atoms with Gasteiger partial charge in [0.25, 0.3) is 0 Å². The molecule has 1 saturated heterocycles. The van der Waals surface area contributed by atoms with Crippen molar-refractivity contribution in [1.82, 2.24) is 15.2 Å². The second-order valence-corrected chi connectivity index (χ2v) is 6.51. The molecular formula is C16H28N4O. The number of nitrogens with zero attached hydrogens (tertiary/aromatic N) is 2. The molecule has 2 heterocycles. The maximum Gasteiger partial charge on any atom is 0.0686 e. The molecule has 2 aliphatic rings. The van der Waals surface area contributed by atoms with Crippen LogP contribution < -0.4 is 11.3 Å². The summed E-state index contributed by atoms with van der Waals surface area (Å²) in [6, 6.07) is 2.40. The van der Waals surface area contributed by atoms with Crippen LogP contribution in [0.4, 0.5) is 0 Å². The van der Waals surface area contributed by atoms with Crippen molar-refractivity contribution in [3.05, 3.63) is 17.5 Å². The number of rotatable bonds is 5. The topological polar surface area (TPSA) is 65.1 Å². The number of nitrogens with two attached hydrogens (primary N) is 1. The molecule has 5 nitrogen and oxygen atoms in total. The third kappa shape index (κ3) is 2.74. The maximum atomic E-state index is 6.05. The van der Waals surface area contributed by atoms with Crippen LogP contribution in [0, 0.1) is 5.92 Å². The van der Waals surface area contributed by atoms with Crippen molar-refractivity contribution in [1.29, 1.82) is 0 Å². The van der Waals surface area contributed by atoms with Gasteiger partial charge in [0.15, 0.2) is 0 Å². The number of hydrazine groups is 1. The molecule has 1 aliphatic heterocycles. The summed E-state index contributed by atoms with van der Waals surface area (Å²) in [6.45, 7) is 6.04. The number of hydrogen-bond acceptors (Lipinski definition) is 4. The maximum absolute atomic E-state index is 6.05. The highest BCUT2D eigenvalue weighted by Gasteiger charge is 2.44. The van der Waals surface area contributed by atoms with Crippen LogP contribution in [-0.2, 0) is 17.7 Å². The predicted octanol–water partition coefficient (Wildman–Crippen LogP) is 2.32. The Kier molecular flexibility index (Phi) is 4.33. The smallest absolute Gasteiger partial charge is 0.0686 e. The van der Waals surface area contributed by atoms with Gasteiger partial charge >= 0.3 is 0 Å². The number of ether oxygens (including phenoxy) is 1. The molecule has 2 unspecified atom stereocenters. The molecule has 1 aromatic heterocycles. The highest BCUT2D eigenvalue weighted by Crippen LogP contribution is 2.47. The summed E-state index contributed by atoms with van der Waals surface area (Å²) in [5, 5.41) is 4.67. The summed E-state index contributed by atoms with van der Waals surface area (Å²) in [4.78, 5) is 0. The number of aryl methyl sites for hydroxylation is 2. The van der Waals surface area contributed by atoms with Crippen molar-refractivity contribution in [3.8, 4) is 0 Å². The zero-order chi connectivity index (χ0) is 14.9. The normalized spacial score (nSPS) is 25.8. The van der Waals surface area contributed by atoms with E-state index < -0.39 is 0 Å². The van der Waals surface area contributed by atoms with Crippen LogP contribution >= 0.6 is 0 Å². The van der Waals surface area contributed by atoms with Gasteiger partial charge in [0.1, 0.15) is 0 Å². The molecule has 1 saturated carbocycles. The molecule has 1 aliphatic carbocycles. The Morgan fingerprint density at radius 1 is 1.52 bits per heavy atom. The molecule has 2 atom stereocenters. The first-order valence-electron chi connectivity index (χ1n) is 8.38. The molecule has 0 aromatic carbocycles. The SMILES string of the molecule is CCc1cc(C(NN)C2CCOC3(CCC3)C2)n(CC)n1. The van der Waals surface area contributed by atoms with E-state index in [2.05, 4.69) is 35.1 Å². The highest BCUT2D eigenvalue weighted by molar-refractivity contribution is 5.16. The molecule has 1 spiro atoms. The van der Waals surface area contributed by atoms with Gasteiger partial charge in [-0.2, -0.15) is 5.10 Å². The van der Waals surface area contributed by atoms with Gasteiger partial charge in [-0.15, -0.1) is 0 Å². The fourth-order valence-electron chi connectivity index (χ4n) is 3.90. The summed E-state index contributed by atoms with van der Waals surface area (Å²) in [5.41, 5.74) is 5.61.